The Morgan fingerprint density at radius 2 is 1.95 bits per heavy atom. The number of carbonyl (C=O) groups is 2. The van der Waals surface area contributed by atoms with Crippen LogP contribution in [0, 0.1) is 5.41 Å². The molecule has 4 N–H and O–H groups in total. The molecule has 1 fully saturated rings. The van der Waals surface area contributed by atoms with Gasteiger partial charge in [0.25, 0.3) is 0 Å². The van der Waals surface area contributed by atoms with Gasteiger partial charge in [-0.15, -0.1) is 0 Å². The van der Waals surface area contributed by atoms with Crippen LogP contribution in [0.25, 0.3) is 0 Å². The zero-order valence-electron chi connectivity index (χ0n) is 12.0. The summed E-state index contributed by atoms with van der Waals surface area (Å²) in [6.07, 6.45) is 1.60. The van der Waals surface area contributed by atoms with Crippen molar-refractivity contribution in [3.8, 4) is 0 Å². The first kappa shape index (κ1) is 15.9. The Bertz CT molecular complexity index is 331. The molecular weight excluding hydrogens is 246 g/mol. The van der Waals surface area contributed by atoms with Gasteiger partial charge in [0.1, 0.15) is 0 Å². The average molecular weight is 271 g/mol. The Balaban J connectivity index is 2.74. The van der Waals surface area contributed by atoms with E-state index in [1.54, 1.807) is 21.0 Å². The quantitative estimate of drug-likeness (QED) is 0.622. The molecule has 0 aliphatic carbocycles. The predicted octanol–water partition coefficient (Wildman–Crippen LogP) is -0.227. The fraction of sp³-hybridized carbons (Fsp3) is 0.846. The lowest BCUT2D eigenvalue weighted by Gasteiger charge is -2.38. The predicted molar refractivity (Wildman–Crippen MR) is 72.4 cm³/mol. The van der Waals surface area contributed by atoms with E-state index in [1.807, 2.05) is 0 Å². The van der Waals surface area contributed by atoms with Crippen molar-refractivity contribution >= 4 is 11.8 Å². The molecule has 0 aromatic heterocycles. The minimum absolute atomic E-state index is 0.0536. The van der Waals surface area contributed by atoms with Crippen LogP contribution in [0.15, 0.2) is 0 Å². The van der Waals surface area contributed by atoms with Crippen molar-refractivity contribution in [2.24, 2.45) is 11.1 Å². The van der Waals surface area contributed by atoms with E-state index in [0.717, 1.165) is 25.9 Å². The molecule has 1 aliphatic heterocycles. The van der Waals surface area contributed by atoms with E-state index in [4.69, 9.17) is 10.5 Å². The van der Waals surface area contributed by atoms with Gasteiger partial charge >= 0.3 is 0 Å². The van der Waals surface area contributed by atoms with Crippen LogP contribution in [0.3, 0.4) is 0 Å². The lowest BCUT2D eigenvalue weighted by molar-refractivity contribution is -0.138. The molecule has 0 saturated carbocycles. The van der Waals surface area contributed by atoms with Crippen molar-refractivity contribution in [3.05, 3.63) is 0 Å². The largest absolute Gasteiger partial charge is 0.384 e. The van der Waals surface area contributed by atoms with Gasteiger partial charge < -0.3 is 21.1 Å². The van der Waals surface area contributed by atoms with Gasteiger partial charge in [0.15, 0.2) is 0 Å². The number of hydrogen-bond donors (Lipinski definition) is 3. The van der Waals surface area contributed by atoms with E-state index in [2.05, 4.69) is 10.6 Å². The van der Waals surface area contributed by atoms with Crippen LogP contribution < -0.4 is 16.4 Å². The fourth-order valence-electron chi connectivity index (χ4n) is 2.54. The van der Waals surface area contributed by atoms with Gasteiger partial charge in [0.05, 0.1) is 12.0 Å². The SMILES string of the molecule is COCC1(C(=O)NC(C)(C)CC(N)=O)CCNCC1. The number of rotatable bonds is 6. The van der Waals surface area contributed by atoms with Crippen LogP contribution in [0.4, 0.5) is 0 Å². The van der Waals surface area contributed by atoms with Gasteiger partial charge in [-0.1, -0.05) is 0 Å². The lowest BCUT2D eigenvalue weighted by atomic mass is 9.78. The number of nitrogens with two attached hydrogens (primary N) is 1. The Hall–Kier alpha value is -1.14. The van der Waals surface area contributed by atoms with Crippen molar-refractivity contribution in [1.82, 2.24) is 10.6 Å². The molecule has 6 heteroatoms. The molecule has 110 valence electrons. The molecule has 0 bridgehead atoms. The Morgan fingerprint density at radius 3 is 2.42 bits per heavy atom. The summed E-state index contributed by atoms with van der Waals surface area (Å²) in [6, 6.07) is 0. The summed E-state index contributed by atoms with van der Waals surface area (Å²) in [5.74, 6) is -0.474. The first-order valence-electron chi connectivity index (χ1n) is 6.62. The highest BCUT2D eigenvalue weighted by Crippen LogP contribution is 2.30. The van der Waals surface area contributed by atoms with Crippen molar-refractivity contribution < 1.29 is 14.3 Å². The molecule has 6 nitrogen and oxygen atoms in total. The molecule has 0 unspecified atom stereocenters. The molecule has 2 amide bonds. The molecule has 1 saturated heterocycles. The van der Waals surface area contributed by atoms with E-state index < -0.39 is 16.9 Å². The maximum Gasteiger partial charge on any atom is 0.229 e. The van der Waals surface area contributed by atoms with Crippen LogP contribution in [0.1, 0.15) is 33.1 Å². The van der Waals surface area contributed by atoms with E-state index in [0.29, 0.717) is 6.61 Å². The molecule has 1 aliphatic rings. The van der Waals surface area contributed by atoms with Crippen molar-refractivity contribution in [2.45, 2.75) is 38.6 Å². The summed E-state index contributed by atoms with van der Waals surface area (Å²) >= 11 is 0. The lowest BCUT2D eigenvalue weighted by Crippen LogP contribution is -2.56. The molecule has 0 spiro atoms. The van der Waals surface area contributed by atoms with Gasteiger partial charge in [0, 0.05) is 19.1 Å². The van der Waals surface area contributed by atoms with Gasteiger partial charge in [-0.3, -0.25) is 9.59 Å². The summed E-state index contributed by atoms with van der Waals surface area (Å²) in [6.45, 7) is 5.60. The summed E-state index contributed by atoms with van der Waals surface area (Å²) in [5, 5.41) is 6.17. The zero-order chi connectivity index (χ0) is 14.5. The summed E-state index contributed by atoms with van der Waals surface area (Å²) in [4.78, 5) is 23.6. The molecule has 0 atom stereocenters. The number of methoxy groups -OCH3 is 1. The maximum atomic E-state index is 12.5. The maximum absolute atomic E-state index is 12.5. The zero-order valence-corrected chi connectivity index (χ0v) is 12.0. The molecule has 1 heterocycles. The van der Waals surface area contributed by atoms with Crippen molar-refractivity contribution in [2.75, 3.05) is 26.8 Å². The van der Waals surface area contributed by atoms with E-state index >= 15 is 0 Å². The number of ether oxygens (including phenoxy) is 1. The summed E-state index contributed by atoms with van der Waals surface area (Å²) in [7, 11) is 1.60. The standard InChI is InChI=1S/C13H25N3O3/c1-12(2,8-10(14)17)16-11(18)13(9-19-3)4-6-15-7-5-13/h15H,4-9H2,1-3H3,(H2,14,17)(H,16,18). The fourth-order valence-corrected chi connectivity index (χ4v) is 2.54. The molecule has 0 aromatic rings. The van der Waals surface area contributed by atoms with Crippen LogP contribution in [0.5, 0.6) is 0 Å². The summed E-state index contributed by atoms with van der Waals surface area (Å²) in [5.41, 5.74) is 4.06. The van der Waals surface area contributed by atoms with E-state index in [1.165, 1.54) is 0 Å². The van der Waals surface area contributed by atoms with E-state index in [9.17, 15) is 9.59 Å². The first-order chi connectivity index (χ1) is 8.81. The highest BCUT2D eigenvalue weighted by molar-refractivity contribution is 5.84. The molecule has 0 radical (unpaired) electrons. The smallest absolute Gasteiger partial charge is 0.229 e. The van der Waals surface area contributed by atoms with Gasteiger partial charge in [-0.25, -0.2) is 0 Å². The van der Waals surface area contributed by atoms with Crippen molar-refractivity contribution in [1.29, 1.82) is 0 Å². The first-order valence-corrected chi connectivity index (χ1v) is 6.62. The second-order valence-electron chi connectivity index (χ2n) is 5.94. The number of nitrogens with one attached hydrogen (secondary N) is 2. The Kier molecular flexibility index (Phi) is 5.31. The number of amides is 2. The van der Waals surface area contributed by atoms with Crippen LogP contribution in [0.2, 0.25) is 0 Å². The molecular formula is C13H25N3O3. The molecule has 0 aromatic carbocycles. The van der Waals surface area contributed by atoms with Crippen LogP contribution >= 0.6 is 0 Å². The number of primary amides is 1. The monoisotopic (exact) mass is 271 g/mol. The topological polar surface area (TPSA) is 93.4 Å². The molecule has 1 rings (SSSR count). The normalized spacial score (nSPS) is 18.9. The minimum atomic E-state index is -0.630. The Morgan fingerprint density at radius 1 is 1.37 bits per heavy atom. The second kappa shape index (κ2) is 6.34. The number of hydrogen-bond acceptors (Lipinski definition) is 4. The average Bonchev–Trinajstić information content (AvgIpc) is 2.28. The van der Waals surface area contributed by atoms with Crippen LogP contribution in [-0.4, -0.2) is 44.2 Å². The van der Waals surface area contributed by atoms with Crippen LogP contribution in [-0.2, 0) is 14.3 Å². The van der Waals surface area contributed by atoms with Crippen molar-refractivity contribution in [3.63, 3.8) is 0 Å². The van der Waals surface area contributed by atoms with E-state index in [-0.39, 0.29) is 12.3 Å². The second-order valence-corrected chi connectivity index (χ2v) is 5.94. The highest BCUT2D eigenvalue weighted by atomic mass is 16.5. The summed E-state index contributed by atoms with van der Waals surface area (Å²) < 4.78 is 5.22. The van der Waals surface area contributed by atoms with Gasteiger partial charge in [-0.2, -0.15) is 0 Å². The number of carbonyl (C=O) groups excluding carboxylic acids is 2. The third-order valence-corrected chi connectivity index (χ3v) is 3.53. The third-order valence-electron chi connectivity index (χ3n) is 3.53. The minimum Gasteiger partial charge on any atom is -0.384 e. The molecule has 19 heavy (non-hydrogen) atoms. The highest BCUT2D eigenvalue weighted by Gasteiger charge is 2.41. The third kappa shape index (κ3) is 4.47. The van der Waals surface area contributed by atoms with Gasteiger partial charge in [0.2, 0.25) is 11.8 Å². The Labute approximate surface area is 114 Å². The van der Waals surface area contributed by atoms with Gasteiger partial charge in [-0.05, 0) is 39.8 Å². The number of piperidine rings is 1.